The summed E-state index contributed by atoms with van der Waals surface area (Å²) in [5.74, 6) is 0.369. The number of anilines is 1. The molecule has 3 aromatic rings. The first kappa shape index (κ1) is 27.7. The van der Waals surface area contributed by atoms with Crippen LogP contribution >= 0.6 is 11.6 Å². The van der Waals surface area contributed by atoms with E-state index in [-0.39, 0.29) is 41.9 Å². The average molecular weight is 551 g/mol. The van der Waals surface area contributed by atoms with Crippen molar-refractivity contribution in [2.75, 3.05) is 4.90 Å². The van der Waals surface area contributed by atoms with Crippen molar-refractivity contribution < 1.29 is 22.7 Å². The molecule has 2 aromatic heterocycles. The summed E-state index contributed by atoms with van der Waals surface area (Å²) in [5, 5.41) is 6.68. The Morgan fingerprint density at radius 1 is 1.13 bits per heavy atom. The van der Waals surface area contributed by atoms with Crippen molar-refractivity contribution in [2.24, 2.45) is 0 Å². The summed E-state index contributed by atoms with van der Waals surface area (Å²) in [7, 11) is 0. The van der Waals surface area contributed by atoms with Crippen LogP contribution in [0.1, 0.15) is 51.7 Å². The Morgan fingerprint density at radius 3 is 2.34 bits per heavy atom. The lowest BCUT2D eigenvalue weighted by Gasteiger charge is -2.45. The number of aromatic amines is 1. The third-order valence-electron chi connectivity index (χ3n) is 6.53. The number of benzene rings is 1. The van der Waals surface area contributed by atoms with Gasteiger partial charge in [0.15, 0.2) is 0 Å². The lowest BCUT2D eigenvalue weighted by molar-refractivity contribution is -0.137. The highest BCUT2D eigenvalue weighted by Gasteiger charge is 2.38. The number of hydrogen-bond acceptors (Lipinski definition) is 6. The smallest absolute Gasteiger partial charge is 0.416 e. The van der Waals surface area contributed by atoms with Crippen LogP contribution < -0.4 is 4.90 Å². The Kier molecular flexibility index (Phi) is 8.15. The van der Waals surface area contributed by atoms with Gasteiger partial charge in [0.1, 0.15) is 0 Å². The number of alkyl halides is 3. The minimum Gasteiger partial charge on any atom is -0.447 e. The number of nitrogens with zero attached hydrogens (tertiary/aromatic N) is 5. The third-order valence-corrected chi connectivity index (χ3v) is 6.75. The van der Waals surface area contributed by atoms with Gasteiger partial charge in [0.05, 0.1) is 17.9 Å². The topological polar surface area (TPSA) is 87.2 Å². The van der Waals surface area contributed by atoms with Gasteiger partial charge < -0.3 is 14.5 Å². The molecule has 0 radical (unpaired) electrons. The van der Waals surface area contributed by atoms with Gasteiger partial charge in [-0.05, 0) is 64.3 Å². The number of hydrogen-bond donors (Lipinski definition) is 1. The first-order chi connectivity index (χ1) is 17.9. The van der Waals surface area contributed by atoms with Crippen molar-refractivity contribution >= 4 is 23.6 Å². The number of halogens is 4. The molecule has 38 heavy (non-hydrogen) atoms. The second-order valence-corrected chi connectivity index (χ2v) is 10.3. The van der Waals surface area contributed by atoms with Crippen molar-refractivity contribution in [1.29, 1.82) is 0 Å². The molecule has 3 heterocycles. The number of aromatic nitrogens is 4. The molecule has 204 valence electrons. The standard InChI is InChI=1S/C26H30ClF3N6O2/c1-15(2)38-25(37)36-16(3)5-23(6-17(36)4)35(14-18-7-21(26(28,29)30)9-22(27)8-18)24-31-10-19(11-32-24)20-12-33-34-13-20/h7-13,15-17,23H,5-6,14H2,1-4H3,(H,33,34)/t16-,17-/m1/s1. The lowest BCUT2D eigenvalue weighted by Crippen LogP contribution is -2.55. The number of amides is 1. The van der Waals surface area contributed by atoms with Crippen LogP contribution in [-0.2, 0) is 17.5 Å². The third kappa shape index (κ3) is 6.38. The Labute approximate surface area is 224 Å². The summed E-state index contributed by atoms with van der Waals surface area (Å²) in [6.45, 7) is 7.58. The minimum absolute atomic E-state index is 0.000939. The summed E-state index contributed by atoms with van der Waals surface area (Å²) in [4.78, 5) is 25.4. The fraction of sp³-hybridized carbons (Fsp3) is 0.462. The van der Waals surface area contributed by atoms with Gasteiger partial charge in [0.25, 0.3) is 0 Å². The molecule has 1 fully saturated rings. The molecule has 1 saturated heterocycles. The Bertz CT molecular complexity index is 1220. The largest absolute Gasteiger partial charge is 0.447 e. The molecule has 2 atom stereocenters. The predicted molar refractivity (Wildman–Crippen MR) is 138 cm³/mol. The van der Waals surface area contributed by atoms with E-state index in [1.165, 1.54) is 6.07 Å². The molecule has 0 spiro atoms. The predicted octanol–water partition coefficient (Wildman–Crippen LogP) is 6.33. The van der Waals surface area contributed by atoms with E-state index in [2.05, 4.69) is 20.2 Å². The van der Waals surface area contributed by atoms with Gasteiger partial charge in [-0.2, -0.15) is 18.3 Å². The first-order valence-electron chi connectivity index (χ1n) is 12.4. The van der Waals surface area contributed by atoms with Gasteiger partial charge in [0, 0.05) is 59.4 Å². The number of carbonyl (C=O) groups excluding carboxylic acids is 1. The van der Waals surface area contributed by atoms with Gasteiger partial charge in [-0.1, -0.05) is 11.6 Å². The first-order valence-corrected chi connectivity index (χ1v) is 12.7. The number of likely N-dealkylation sites (tertiary alicyclic amines) is 1. The summed E-state index contributed by atoms with van der Waals surface area (Å²) < 4.78 is 45.9. The van der Waals surface area contributed by atoms with Crippen molar-refractivity contribution in [3.05, 3.63) is 59.1 Å². The number of carbonyl (C=O) groups is 1. The van der Waals surface area contributed by atoms with Gasteiger partial charge >= 0.3 is 12.3 Å². The molecule has 12 heteroatoms. The Hall–Kier alpha value is -3.34. The molecule has 0 unspecified atom stereocenters. The van der Waals surface area contributed by atoms with Gasteiger partial charge in [-0.25, -0.2) is 14.8 Å². The molecule has 1 amide bonds. The van der Waals surface area contributed by atoms with Crippen molar-refractivity contribution in [2.45, 2.75) is 77.5 Å². The Balaban J connectivity index is 1.66. The number of piperidine rings is 1. The van der Waals surface area contributed by atoms with Crippen LogP contribution in [0.5, 0.6) is 0 Å². The van der Waals surface area contributed by atoms with Crippen molar-refractivity contribution in [3.63, 3.8) is 0 Å². The Morgan fingerprint density at radius 2 is 1.79 bits per heavy atom. The fourth-order valence-corrected chi connectivity index (χ4v) is 5.17. The van der Waals surface area contributed by atoms with Crippen LogP contribution in [0.3, 0.4) is 0 Å². The highest BCUT2D eigenvalue weighted by Crippen LogP contribution is 2.34. The van der Waals surface area contributed by atoms with Crippen molar-refractivity contribution in [1.82, 2.24) is 25.1 Å². The monoisotopic (exact) mass is 550 g/mol. The molecular weight excluding hydrogens is 521 g/mol. The van der Waals surface area contributed by atoms with E-state index in [4.69, 9.17) is 16.3 Å². The molecule has 0 bridgehead atoms. The highest BCUT2D eigenvalue weighted by atomic mass is 35.5. The molecule has 1 aliphatic heterocycles. The van der Waals surface area contributed by atoms with Gasteiger partial charge in [-0.15, -0.1) is 0 Å². The molecular formula is C26H30ClF3N6O2. The van der Waals surface area contributed by atoms with E-state index in [9.17, 15) is 18.0 Å². The van der Waals surface area contributed by atoms with Crippen LogP contribution in [0.15, 0.2) is 43.0 Å². The molecule has 0 saturated carbocycles. The summed E-state index contributed by atoms with van der Waals surface area (Å²) in [5.41, 5.74) is 1.13. The number of nitrogens with one attached hydrogen (secondary N) is 1. The van der Waals surface area contributed by atoms with Crippen LogP contribution in [0.4, 0.5) is 23.9 Å². The molecule has 1 aliphatic rings. The van der Waals surface area contributed by atoms with Crippen LogP contribution in [0, 0.1) is 0 Å². The summed E-state index contributed by atoms with van der Waals surface area (Å²) in [6, 6.07) is 3.03. The second kappa shape index (κ2) is 11.2. The zero-order valence-electron chi connectivity index (χ0n) is 21.5. The molecule has 1 aromatic carbocycles. The SMILES string of the molecule is CC(C)OC(=O)N1[C@H](C)CC(N(Cc2cc(Cl)cc(C(F)(F)F)c2)c2ncc(-c3cn[nH]c3)cn2)C[C@H]1C. The zero-order chi connectivity index (χ0) is 27.6. The minimum atomic E-state index is -4.53. The molecule has 4 rings (SSSR count). The van der Waals surface area contributed by atoms with E-state index in [0.717, 1.165) is 23.3 Å². The maximum Gasteiger partial charge on any atom is 0.416 e. The van der Waals surface area contributed by atoms with Gasteiger partial charge in [0.2, 0.25) is 5.95 Å². The van der Waals surface area contributed by atoms with Crippen LogP contribution in [0.25, 0.3) is 11.1 Å². The van der Waals surface area contributed by atoms with E-state index in [0.29, 0.717) is 24.4 Å². The maximum absolute atomic E-state index is 13.5. The van der Waals surface area contributed by atoms with E-state index in [1.54, 1.807) is 43.5 Å². The number of H-pyrrole nitrogens is 1. The average Bonchev–Trinajstić information content (AvgIpc) is 3.36. The summed E-state index contributed by atoms with van der Waals surface area (Å²) >= 11 is 6.07. The number of ether oxygens (including phenoxy) is 1. The van der Waals surface area contributed by atoms with E-state index in [1.807, 2.05) is 18.7 Å². The summed E-state index contributed by atoms with van der Waals surface area (Å²) in [6.07, 6.45) is 2.63. The molecule has 1 N–H and O–H groups in total. The zero-order valence-corrected chi connectivity index (χ0v) is 22.3. The molecule has 8 nitrogen and oxygen atoms in total. The van der Waals surface area contributed by atoms with Crippen LogP contribution in [-0.4, -0.2) is 55.4 Å². The second-order valence-electron chi connectivity index (χ2n) is 9.90. The van der Waals surface area contributed by atoms with Crippen molar-refractivity contribution in [3.8, 4) is 11.1 Å². The van der Waals surface area contributed by atoms with E-state index < -0.39 is 11.7 Å². The fourth-order valence-electron chi connectivity index (χ4n) is 4.91. The van der Waals surface area contributed by atoms with Gasteiger partial charge in [-0.3, -0.25) is 5.10 Å². The number of rotatable bonds is 6. The van der Waals surface area contributed by atoms with E-state index >= 15 is 0 Å². The normalized spacial score (nSPS) is 20.0. The maximum atomic E-state index is 13.5. The lowest BCUT2D eigenvalue weighted by atomic mass is 9.91. The quantitative estimate of drug-likeness (QED) is 0.386. The molecule has 0 aliphatic carbocycles. The highest BCUT2D eigenvalue weighted by molar-refractivity contribution is 6.30. The van der Waals surface area contributed by atoms with Crippen LogP contribution in [0.2, 0.25) is 5.02 Å².